The molecular weight excluding hydrogens is 228 g/mol. The van der Waals surface area contributed by atoms with E-state index in [0.717, 1.165) is 25.1 Å². The number of primary sulfonamides is 1. The lowest BCUT2D eigenvalue weighted by Gasteiger charge is -2.11. The maximum atomic E-state index is 11.4. The summed E-state index contributed by atoms with van der Waals surface area (Å²) in [6, 6.07) is 0.215. The number of nitrogens with zero attached hydrogens (tertiary/aromatic N) is 3. The van der Waals surface area contributed by atoms with Gasteiger partial charge in [0.25, 0.3) is 15.2 Å². The van der Waals surface area contributed by atoms with Crippen LogP contribution in [-0.2, 0) is 10.0 Å². The van der Waals surface area contributed by atoms with Gasteiger partial charge in [-0.3, -0.25) is 4.57 Å². The summed E-state index contributed by atoms with van der Waals surface area (Å²) in [6.45, 7) is 4.04. The van der Waals surface area contributed by atoms with Crippen LogP contribution in [0.1, 0.15) is 50.9 Å². The van der Waals surface area contributed by atoms with Crippen LogP contribution in [0.4, 0.5) is 0 Å². The molecule has 0 saturated heterocycles. The molecule has 0 aliphatic heterocycles. The normalized spacial score (nSPS) is 18.7. The van der Waals surface area contributed by atoms with Crippen molar-refractivity contribution < 1.29 is 8.42 Å². The van der Waals surface area contributed by atoms with Crippen molar-refractivity contribution in [1.29, 1.82) is 0 Å². The molecule has 0 radical (unpaired) electrons. The molecular formula is C9H16N4O2S. The molecule has 0 spiro atoms. The van der Waals surface area contributed by atoms with Gasteiger partial charge in [0.15, 0.2) is 0 Å². The van der Waals surface area contributed by atoms with Crippen LogP contribution in [0.15, 0.2) is 5.16 Å². The van der Waals surface area contributed by atoms with E-state index in [1.807, 2.05) is 13.8 Å². The summed E-state index contributed by atoms with van der Waals surface area (Å²) in [4.78, 5) is 0. The van der Waals surface area contributed by atoms with Crippen molar-refractivity contribution in [3.8, 4) is 0 Å². The lowest BCUT2D eigenvalue weighted by atomic mass is 10.1. The molecule has 7 heteroatoms. The molecule has 90 valence electrons. The molecule has 1 aromatic heterocycles. The monoisotopic (exact) mass is 244 g/mol. The minimum Gasteiger partial charge on any atom is -0.297 e. The Morgan fingerprint density at radius 2 is 2.12 bits per heavy atom. The second-order valence-corrected chi connectivity index (χ2v) is 5.75. The maximum Gasteiger partial charge on any atom is 0.273 e. The van der Waals surface area contributed by atoms with Crippen LogP contribution in [0.3, 0.4) is 0 Å². The van der Waals surface area contributed by atoms with Crippen LogP contribution in [0.5, 0.6) is 0 Å². The van der Waals surface area contributed by atoms with E-state index in [2.05, 4.69) is 10.2 Å². The van der Waals surface area contributed by atoms with Gasteiger partial charge in [-0.05, 0) is 19.3 Å². The topological polar surface area (TPSA) is 90.9 Å². The van der Waals surface area contributed by atoms with Crippen LogP contribution in [-0.4, -0.2) is 23.2 Å². The van der Waals surface area contributed by atoms with Crippen LogP contribution < -0.4 is 5.14 Å². The van der Waals surface area contributed by atoms with Crippen molar-refractivity contribution in [2.75, 3.05) is 0 Å². The Hall–Kier alpha value is -0.950. The zero-order chi connectivity index (χ0) is 11.9. The lowest BCUT2D eigenvalue weighted by Crippen LogP contribution is -2.19. The first kappa shape index (κ1) is 11.5. The van der Waals surface area contributed by atoms with Crippen molar-refractivity contribution in [3.63, 3.8) is 0 Å². The molecule has 1 fully saturated rings. The predicted octanol–water partition coefficient (Wildman–Crippen LogP) is 0.774. The summed E-state index contributed by atoms with van der Waals surface area (Å²) in [5.41, 5.74) is 0. The van der Waals surface area contributed by atoms with E-state index < -0.39 is 10.0 Å². The van der Waals surface area contributed by atoms with Crippen molar-refractivity contribution in [1.82, 2.24) is 14.8 Å². The van der Waals surface area contributed by atoms with E-state index in [0.29, 0.717) is 0 Å². The summed E-state index contributed by atoms with van der Waals surface area (Å²) < 4.78 is 24.4. The third-order valence-electron chi connectivity index (χ3n) is 2.91. The zero-order valence-corrected chi connectivity index (χ0v) is 10.2. The molecule has 2 N–H and O–H groups in total. The van der Waals surface area contributed by atoms with Gasteiger partial charge in [-0.25, -0.2) is 13.6 Å². The summed E-state index contributed by atoms with van der Waals surface area (Å²) in [6.07, 6.45) is 2.85. The highest BCUT2D eigenvalue weighted by molar-refractivity contribution is 7.89. The van der Waals surface area contributed by atoms with Crippen LogP contribution >= 0.6 is 0 Å². The number of hydrogen-bond acceptors (Lipinski definition) is 4. The zero-order valence-electron chi connectivity index (χ0n) is 9.42. The van der Waals surface area contributed by atoms with Crippen molar-refractivity contribution in [3.05, 3.63) is 5.82 Å². The van der Waals surface area contributed by atoms with E-state index in [4.69, 9.17) is 5.14 Å². The van der Waals surface area contributed by atoms with Gasteiger partial charge in [-0.2, -0.15) is 0 Å². The smallest absolute Gasteiger partial charge is 0.273 e. The van der Waals surface area contributed by atoms with Crippen molar-refractivity contribution in [2.24, 2.45) is 5.14 Å². The van der Waals surface area contributed by atoms with Crippen molar-refractivity contribution >= 4 is 10.0 Å². The average Bonchev–Trinajstić information content (AvgIpc) is 2.94. The Kier molecular flexibility index (Phi) is 2.75. The van der Waals surface area contributed by atoms with Gasteiger partial charge in [0.05, 0.1) is 0 Å². The fourth-order valence-electron chi connectivity index (χ4n) is 1.68. The lowest BCUT2D eigenvalue weighted by molar-refractivity contribution is 0.542. The first-order chi connectivity index (χ1) is 7.45. The van der Waals surface area contributed by atoms with Gasteiger partial charge in [0, 0.05) is 12.0 Å². The second-order valence-electron chi connectivity index (χ2n) is 4.30. The molecule has 0 amide bonds. The first-order valence-corrected chi connectivity index (χ1v) is 6.97. The summed E-state index contributed by atoms with van der Waals surface area (Å²) in [5, 5.41) is 12.7. The molecule has 1 atom stereocenters. The Labute approximate surface area is 94.9 Å². The van der Waals surface area contributed by atoms with Gasteiger partial charge in [-0.15, -0.1) is 10.2 Å². The van der Waals surface area contributed by atoms with Gasteiger partial charge in [0.1, 0.15) is 5.82 Å². The number of rotatable bonds is 4. The molecule has 1 aromatic rings. The second kappa shape index (κ2) is 3.81. The van der Waals surface area contributed by atoms with Gasteiger partial charge in [-0.1, -0.05) is 13.8 Å². The highest BCUT2D eigenvalue weighted by Crippen LogP contribution is 2.39. The number of sulfonamides is 1. The van der Waals surface area contributed by atoms with E-state index in [1.54, 1.807) is 4.57 Å². The molecule has 0 aromatic carbocycles. The molecule has 1 aliphatic carbocycles. The quantitative estimate of drug-likeness (QED) is 0.847. The standard InChI is InChI=1S/C9H16N4O2S/c1-3-6(2)8-11-12-9(16(10,14)15)13(8)7-4-5-7/h6-7H,3-5H2,1-2H3,(H2,10,14,15). The Morgan fingerprint density at radius 1 is 1.50 bits per heavy atom. The largest absolute Gasteiger partial charge is 0.297 e. The van der Waals surface area contributed by atoms with E-state index >= 15 is 0 Å². The summed E-state index contributed by atoms with van der Waals surface area (Å²) in [7, 11) is -3.77. The minimum absolute atomic E-state index is 0.0923. The average molecular weight is 244 g/mol. The summed E-state index contributed by atoms with van der Waals surface area (Å²) >= 11 is 0. The number of aromatic nitrogens is 3. The molecule has 1 heterocycles. The van der Waals surface area contributed by atoms with Crippen LogP contribution in [0, 0.1) is 0 Å². The van der Waals surface area contributed by atoms with Crippen LogP contribution in [0.25, 0.3) is 0 Å². The molecule has 16 heavy (non-hydrogen) atoms. The Bertz CT molecular complexity index is 490. The predicted molar refractivity (Wildman–Crippen MR) is 58.4 cm³/mol. The van der Waals surface area contributed by atoms with Crippen molar-refractivity contribution in [2.45, 2.75) is 50.2 Å². The SMILES string of the molecule is CCC(C)c1nnc(S(N)(=O)=O)n1C1CC1. The van der Waals surface area contributed by atoms with Gasteiger partial charge >= 0.3 is 0 Å². The fourth-order valence-corrected chi connectivity index (χ4v) is 2.35. The highest BCUT2D eigenvalue weighted by Gasteiger charge is 2.34. The Morgan fingerprint density at radius 3 is 2.56 bits per heavy atom. The minimum atomic E-state index is -3.77. The molecule has 6 nitrogen and oxygen atoms in total. The molecule has 1 saturated carbocycles. The highest BCUT2D eigenvalue weighted by atomic mass is 32.2. The van der Waals surface area contributed by atoms with E-state index in [-0.39, 0.29) is 17.1 Å². The molecule has 1 unspecified atom stereocenters. The third-order valence-corrected chi connectivity index (χ3v) is 3.70. The first-order valence-electron chi connectivity index (χ1n) is 5.42. The number of nitrogens with two attached hydrogens (primary N) is 1. The molecule has 0 bridgehead atoms. The fraction of sp³-hybridized carbons (Fsp3) is 0.778. The van der Waals surface area contributed by atoms with Crippen LogP contribution in [0.2, 0.25) is 0 Å². The summed E-state index contributed by atoms with van der Waals surface area (Å²) in [5.74, 6) is 0.928. The number of hydrogen-bond donors (Lipinski definition) is 1. The van der Waals surface area contributed by atoms with Gasteiger partial charge < -0.3 is 0 Å². The molecule has 2 rings (SSSR count). The Balaban J connectivity index is 2.52. The maximum absolute atomic E-state index is 11.4. The van der Waals surface area contributed by atoms with E-state index in [1.165, 1.54) is 0 Å². The third kappa shape index (κ3) is 1.97. The van der Waals surface area contributed by atoms with Gasteiger partial charge in [0.2, 0.25) is 0 Å². The molecule has 1 aliphatic rings. The van der Waals surface area contributed by atoms with E-state index in [9.17, 15) is 8.42 Å².